The minimum absolute atomic E-state index is 0.0258. The van der Waals surface area contributed by atoms with Gasteiger partial charge in [0.15, 0.2) is 0 Å². The molecule has 0 radical (unpaired) electrons. The highest BCUT2D eigenvalue weighted by Gasteiger charge is 2.25. The second-order valence-corrected chi connectivity index (χ2v) is 5.80. The van der Waals surface area contributed by atoms with Crippen LogP contribution in [0.1, 0.15) is 17.8 Å². The molecule has 0 saturated carbocycles. The third kappa shape index (κ3) is 3.87. The number of nitrogens with one attached hydrogen (secondary N) is 2. The average Bonchev–Trinajstić information content (AvgIpc) is 3.09. The van der Waals surface area contributed by atoms with E-state index in [1.807, 2.05) is 26.0 Å². The smallest absolute Gasteiger partial charge is 0.238 e. The van der Waals surface area contributed by atoms with Crippen LogP contribution in [0.15, 0.2) is 24.5 Å². The summed E-state index contributed by atoms with van der Waals surface area (Å²) < 4.78 is 5.90. The first-order chi connectivity index (χ1) is 11.1. The standard InChI is InChI=1S/C16H21N5O2/c1-11-16(12(2)20-19-11)18-15(22)10-21-8-5-14(9-21)23-13-3-6-17-7-4-13/h3-4,6-7,14H,5,8-10H2,1-2H3,(H,18,22)(H,19,20)/t14-/m1/s1. The lowest BCUT2D eigenvalue weighted by Crippen LogP contribution is -2.33. The molecule has 122 valence electrons. The number of H-pyrrole nitrogens is 1. The minimum atomic E-state index is -0.0258. The lowest BCUT2D eigenvalue weighted by atomic mass is 10.3. The van der Waals surface area contributed by atoms with Crippen LogP contribution in [0, 0.1) is 13.8 Å². The third-order valence-corrected chi connectivity index (χ3v) is 3.94. The summed E-state index contributed by atoms with van der Waals surface area (Å²) in [6, 6.07) is 3.69. The number of nitrogens with zero attached hydrogens (tertiary/aromatic N) is 3. The number of rotatable bonds is 5. The van der Waals surface area contributed by atoms with Gasteiger partial charge >= 0.3 is 0 Å². The van der Waals surface area contributed by atoms with Crippen LogP contribution in [-0.2, 0) is 4.79 Å². The molecular formula is C16H21N5O2. The molecule has 1 aliphatic heterocycles. The van der Waals surface area contributed by atoms with Gasteiger partial charge in [0.1, 0.15) is 11.9 Å². The summed E-state index contributed by atoms with van der Waals surface area (Å²) >= 11 is 0. The zero-order chi connectivity index (χ0) is 16.2. The van der Waals surface area contributed by atoms with Crippen molar-refractivity contribution < 1.29 is 9.53 Å². The Morgan fingerprint density at radius 3 is 2.91 bits per heavy atom. The Labute approximate surface area is 135 Å². The van der Waals surface area contributed by atoms with Crippen molar-refractivity contribution in [2.75, 3.05) is 25.0 Å². The number of likely N-dealkylation sites (tertiary alicyclic amines) is 1. The van der Waals surface area contributed by atoms with Gasteiger partial charge in [-0.1, -0.05) is 0 Å². The molecule has 2 N–H and O–H groups in total. The summed E-state index contributed by atoms with van der Waals surface area (Å²) in [4.78, 5) is 18.3. The maximum absolute atomic E-state index is 12.2. The van der Waals surface area contributed by atoms with Gasteiger partial charge in [-0.05, 0) is 32.4 Å². The van der Waals surface area contributed by atoms with Gasteiger partial charge in [0.25, 0.3) is 0 Å². The average molecular weight is 315 g/mol. The number of aryl methyl sites for hydroxylation is 2. The first-order valence-corrected chi connectivity index (χ1v) is 7.72. The Kier molecular flexibility index (Phi) is 4.57. The third-order valence-electron chi connectivity index (χ3n) is 3.94. The van der Waals surface area contributed by atoms with Gasteiger partial charge in [-0.2, -0.15) is 5.10 Å². The number of aromatic nitrogens is 3. The fourth-order valence-electron chi connectivity index (χ4n) is 2.76. The van der Waals surface area contributed by atoms with Crippen molar-refractivity contribution in [3.05, 3.63) is 35.9 Å². The summed E-state index contributed by atoms with van der Waals surface area (Å²) in [6.45, 7) is 5.73. The summed E-state index contributed by atoms with van der Waals surface area (Å²) in [7, 11) is 0. The van der Waals surface area contributed by atoms with Crippen molar-refractivity contribution in [3.8, 4) is 5.75 Å². The topological polar surface area (TPSA) is 83.1 Å². The molecule has 0 bridgehead atoms. The highest BCUT2D eigenvalue weighted by atomic mass is 16.5. The molecule has 2 aromatic heterocycles. The number of carbonyl (C=O) groups excluding carboxylic acids is 1. The molecule has 0 spiro atoms. The van der Waals surface area contributed by atoms with E-state index in [1.165, 1.54) is 0 Å². The number of amides is 1. The predicted molar refractivity (Wildman–Crippen MR) is 86.4 cm³/mol. The van der Waals surface area contributed by atoms with Gasteiger partial charge in [0.05, 0.1) is 23.6 Å². The molecule has 7 heteroatoms. The molecule has 0 unspecified atom stereocenters. The van der Waals surface area contributed by atoms with E-state index in [4.69, 9.17) is 4.74 Å². The molecule has 3 heterocycles. The Morgan fingerprint density at radius 2 is 2.22 bits per heavy atom. The zero-order valence-electron chi connectivity index (χ0n) is 13.4. The molecule has 23 heavy (non-hydrogen) atoms. The Hall–Kier alpha value is -2.41. The van der Waals surface area contributed by atoms with E-state index in [2.05, 4.69) is 25.4 Å². The van der Waals surface area contributed by atoms with Gasteiger partial charge < -0.3 is 10.1 Å². The van der Waals surface area contributed by atoms with Crippen LogP contribution in [-0.4, -0.2) is 51.7 Å². The Morgan fingerprint density at radius 1 is 1.43 bits per heavy atom. The second-order valence-electron chi connectivity index (χ2n) is 5.80. The van der Waals surface area contributed by atoms with Crippen molar-refractivity contribution in [3.63, 3.8) is 0 Å². The first-order valence-electron chi connectivity index (χ1n) is 7.72. The summed E-state index contributed by atoms with van der Waals surface area (Å²) in [5, 5.41) is 9.87. The van der Waals surface area contributed by atoms with Crippen molar-refractivity contribution in [2.24, 2.45) is 0 Å². The van der Waals surface area contributed by atoms with Crippen molar-refractivity contribution in [2.45, 2.75) is 26.4 Å². The van der Waals surface area contributed by atoms with E-state index in [1.54, 1.807) is 12.4 Å². The number of ether oxygens (including phenoxy) is 1. The van der Waals surface area contributed by atoms with Gasteiger partial charge in [-0.25, -0.2) is 0 Å². The molecule has 3 rings (SSSR count). The van der Waals surface area contributed by atoms with Crippen LogP contribution in [0.2, 0.25) is 0 Å². The van der Waals surface area contributed by atoms with Crippen LogP contribution in [0.3, 0.4) is 0 Å². The molecule has 1 fully saturated rings. The molecule has 1 atom stereocenters. The number of hydrogen-bond donors (Lipinski definition) is 2. The fourth-order valence-corrected chi connectivity index (χ4v) is 2.76. The first kappa shape index (κ1) is 15.5. The highest BCUT2D eigenvalue weighted by Crippen LogP contribution is 2.18. The number of anilines is 1. The maximum Gasteiger partial charge on any atom is 0.238 e. The lowest BCUT2D eigenvalue weighted by Gasteiger charge is -2.16. The molecule has 0 aromatic carbocycles. The minimum Gasteiger partial charge on any atom is -0.489 e. The van der Waals surface area contributed by atoms with Gasteiger partial charge in [0.2, 0.25) is 5.91 Å². The molecule has 1 saturated heterocycles. The van der Waals surface area contributed by atoms with Crippen molar-refractivity contribution in [1.29, 1.82) is 0 Å². The van der Waals surface area contributed by atoms with E-state index in [0.29, 0.717) is 6.54 Å². The van der Waals surface area contributed by atoms with Crippen LogP contribution in [0.25, 0.3) is 0 Å². The van der Waals surface area contributed by atoms with E-state index < -0.39 is 0 Å². The monoisotopic (exact) mass is 315 g/mol. The SMILES string of the molecule is Cc1n[nH]c(C)c1NC(=O)CN1CC[C@@H](Oc2ccncc2)C1. The highest BCUT2D eigenvalue weighted by molar-refractivity contribution is 5.93. The Bertz CT molecular complexity index is 651. The molecule has 0 aliphatic carbocycles. The fraction of sp³-hybridized carbons (Fsp3) is 0.438. The zero-order valence-corrected chi connectivity index (χ0v) is 13.4. The van der Waals surface area contributed by atoms with Crippen molar-refractivity contribution >= 4 is 11.6 Å². The van der Waals surface area contributed by atoms with Crippen LogP contribution >= 0.6 is 0 Å². The summed E-state index contributed by atoms with van der Waals surface area (Å²) in [6.07, 6.45) is 4.46. The molecule has 1 aliphatic rings. The van der Waals surface area contributed by atoms with Crippen LogP contribution < -0.4 is 10.1 Å². The quantitative estimate of drug-likeness (QED) is 0.874. The number of pyridine rings is 1. The van der Waals surface area contributed by atoms with E-state index in [-0.39, 0.29) is 12.0 Å². The van der Waals surface area contributed by atoms with E-state index in [0.717, 1.165) is 42.3 Å². The summed E-state index contributed by atoms with van der Waals surface area (Å²) in [5.74, 6) is 0.795. The molecule has 2 aromatic rings. The normalized spacial score (nSPS) is 18.1. The van der Waals surface area contributed by atoms with E-state index in [9.17, 15) is 4.79 Å². The van der Waals surface area contributed by atoms with E-state index >= 15 is 0 Å². The number of aromatic amines is 1. The van der Waals surface area contributed by atoms with Gasteiger partial charge in [-0.3, -0.25) is 19.8 Å². The predicted octanol–water partition coefficient (Wildman–Crippen LogP) is 1.51. The molecule has 7 nitrogen and oxygen atoms in total. The number of hydrogen-bond acceptors (Lipinski definition) is 5. The Balaban J connectivity index is 1.49. The number of carbonyl (C=O) groups is 1. The van der Waals surface area contributed by atoms with Gasteiger partial charge in [-0.15, -0.1) is 0 Å². The van der Waals surface area contributed by atoms with Crippen molar-refractivity contribution in [1.82, 2.24) is 20.1 Å². The summed E-state index contributed by atoms with van der Waals surface area (Å²) in [5.41, 5.74) is 2.45. The maximum atomic E-state index is 12.2. The molecular weight excluding hydrogens is 294 g/mol. The second kappa shape index (κ2) is 6.78. The van der Waals surface area contributed by atoms with Gasteiger partial charge in [0, 0.05) is 25.5 Å². The van der Waals surface area contributed by atoms with Crippen LogP contribution in [0.4, 0.5) is 5.69 Å². The van der Waals surface area contributed by atoms with Crippen LogP contribution in [0.5, 0.6) is 5.75 Å². The molecule has 1 amide bonds. The largest absolute Gasteiger partial charge is 0.489 e. The lowest BCUT2D eigenvalue weighted by molar-refractivity contribution is -0.117.